The quantitative estimate of drug-likeness (QED) is 0.664. The van der Waals surface area contributed by atoms with Crippen molar-refractivity contribution in [3.05, 3.63) is 65.2 Å². The van der Waals surface area contributed by atoms with Crippen molar-refractivity contribution in [3.8, 4) is 0 Å². The van der Waals surface area contributed by atoms with Gasteiger partial charge in [0, 0.05) is 11.3 Å². The summed E-state index contributed by atoms with van der Waals surface area (Å²) in [5.74, 6) is -1.66. The lowest BCUT2D eigenvalue weighted by Gasteiger charge is -2.23. The monoisotopic (exact) mass is 396 g/mol. The zero-order chi connectivity index (χ0) is 21.8. The Bertz CT molecular complexity index is 901. The highest BCUT2D eigenvalue weighted by molar-refractivity contribution is 6.02. The first-order chi connectivity index (χ1) is 13.5. The second-order valence-corrected chi connectivity index (χ2v) is 8.01. The van der Waals surface area contributed by atoms with E-state index in [4.69, 9.17) is 0 Å². The predicted molar refractivity (Wildman–Crippen MR) is 113 cm³/mol. The minimum atomic E-state index is -1.02. The van der Waals surface area contributed by atoms with E-state index < -0.39 is 17.4 Å². The summed E-state index contributed by atoms with van der Waals surface area (Å²) in [6.45, 7) is 8.82. The van der Waals surface area contributed by atoms with Crippen LogP contribution in [0.4, 0.5) is 5.69 Å². The summed E-state index contributed by atoms with van der Waals surface area (Å²) in [5.41, 5.74) is 1.52. The standard InChI is InChI=1S/C23H28N2O4/c1-14(2)19(25-20(26)18-9-7-6-8-15(18)3)21(27)24-17-12-10-16(11-13-17)23(4,5)22(28)29/h6-14,19H,1-5H3,(H,24,27)(H,25,26)(H,28,29). The minimum absolute atomic E-state index is 0.117. The van der Waals surface area contributed by atoms with Crippen LogP contribution in [0.5, 0.6) is 0 Å². The Morgan fingerprint density at radius 3 is 2.07 bits per heavy atom. The molecule has 0 radical (unpaired) electrons. The number of carbonyl (C=O) groups excluding carboxylic acids is 2. The Labute approximate surface area is 171 Å². The fourth-order valence-corrected chi connectivity index (χ4v) is 2.90. The van der Waals surface area contributed by atoms with E-state index in [1.165, 1.54) is 0 Å². The molecule has 0 saturated carbocycles. The second kappa shape index (κ2) is 8.90. The van der Waals surface area contributed by atoms with E-state index in [9.17, 15) is 19.5 Å². The highest BCUT2D eigenvalue weighted by Gasteiger charge is 2.29. The third kappa shape index (κ3) is 5.22. The van der Waals surface area contributed by atoms with Crippen LogP contribution in [0.3, 0.4) is 0 Å². The number of amides is 2. The van der Waals surface area contributed by atoms with E-state index >= 15 is 0 Å². The Morgan fingerprint density at radius 2 is 1.55 bits per heavy atom. The molecular formula is C23H28N2O4. The number of aryl methyl sites for hydroxylation is 1. The highest BCUT2D eigenvalue weighted by Crippen LogP contribution is 2.25. The van der Waals surface area contributed by atoms with Gasteiger partial charge in [-0.2, -0.15) is 0 Å². The Hall–Kier alpha value is -3.15. The first kappa shape index (κ1) is 22.1. The number of hydrogen-bond donors (Lipinski definition) is 3. The lowest BCUT2D eigenvalue weighted by atomic mass is 9.85. The van der Waals surface area contributed by atoms with Crippen LogP contribution >= 0.6 is 0 Å². The maximum absolute atomic E-state index is 12.8. The molecule has 2 aromatic rings. The van der Waals surface area contributed by atoms with Gasteiger partial charge in [-0.3, -0.25) is 14.4 Å². The van der Waals surface area contributed by atoms with E-state index in [2.05, 4.69) is 10.6 Å². The van der Waals surface area contributed by atoms with Crippen LogP contribution < -0.4 is 10.6 Å². The van der Waals surface area contributed by atoms with Crippen molar-refractivity contribution in [2.24, 2.45) is 5.92 Å². The van der Waals surface area contributed by atoms with Gasteiger partial charge in [0.15, 0.2) is 0 Å². The third-order valence-electron chi connectivity index (χ3n) is 5.03. The molecule has 0 heterocycles. The number of carboxylic acid groups (broad SMARTS) is 1. The van der Waals surface area contributed by atoms with E-state index in [0.29, 0.717) is 16.8 Å². The van der Waals surface area contributed by atoms with Crippen LogP contribution in [0.2, 0.25) is 0 Å². The summed E-state index contributed by atoms with van der Waals surface area (Å²) < 4.78 is 0. The molecule has 1 atom stereocenters. The number of aliphatic carboxylic acids is 1. The number of nitrogens with one attached hydrogen (secondary N) is 2. The first-order valence-electron chi connectivity index (χ1n) is 9.55. The van der Waals surface area contributed by atoms with Crippen LogP contribution in [-0.2, 0) is 15.0 Å². The number of hydrogen-bond acceptors (Lipinski definition) is 3. The summed E-state index contributed by atoms with van der Waals surface area (Å²) in [6.07, 6.45) is 0. The number of rotatable bonds is 7. The van der Waals surface area contributed by atoms with E-state index in [1.54, 1.807) is 50.2 Å². The fourth-order valence-electron chi connectivity index (χ4n) is 2.90. The lowest BCUT2D eigenvalue weighted by molar-refractivity contribution is -0.142. The maximum atomic E-state index is 12.8. The molecular weight excluding hydrogens is 368 g/mol. The molecule has 0 saturated heterocycles. The van der Waals surface area contributed by atoms with Gasteiger partial charge >= 0.3 is 5.97 Å². The van der Waals surface area contributed by atoms with Crippen LogP contribution in [0.25, 0.3) is 0 Å². The topological polar surface area (TPSA) is 95.5 Å². The van der Waals surface area contributed by atoms with Gasteiger partial charge in [-0.1, -0.05) is 44.2 Å². The average molecular weight is 396 g/mol. The predicted octanol–water partition coefficient (Wildman–Crippen LogP) is 3.75. The zero-order valence-electron chi connectivity index (χ0n) is 17.4. The molecule has 0 spiro atoms. The van der Waals surface area contributed by atoms with Gasteiger partial charge in [0.2, 0.25) is 5.91 Å². The van der Waals surface area contributed by atoms with Crippen LogP contribution in [0, 0.1) is 12.8 Å². The van der Waals surface area contributed by atoms with Crippen molar-refractivity contribution in [1.82, 2.24) is 5.32 Å². The summed E-state index contributed by atoms with van der Waals surface area (Å²) >= 11 is 0. The molecule has 3 N–H and O–H groups in total. The molecule has 2 rings (SSSR count). The molecule has 6 heteroatoms. The van der Waals surface area contributed by atoms with Gasteiger partial charge in [-0.25, -0.2) is 0 Å². The molecule has 154 valence electrons. The van der Waals surface area contributed by atoms with Crippen molar-refractivity contribution in [2.75, 3.05) is 5.32 Å². The second-order valence-electron chi connectivity index (χ2n) is 8.01. The molecule has 29 heavy (non-hydrogen) atoms. The Balaban J connectivity index is 2.13. The minimum Gasteiger partial charge on any atom is -0.481 e. The molecule has 0 aliphatic heterocycles. The summed E-state index contributed by atoms with van der Waals surface area (Å²) in [7, 11) is 0. The van der Waals surface area contributed by atoms with Gasteiger partial charge < -0.3 is 15.7 Å². The van der Waals surface area contributed by atoms with Crippen LogP contribution in [-0.4, -0.2) is 28.9 Å². The number of anilines is 1. The molecule has 0 aromatic heterocycles. The number of benzene rings is 2. The van der Waals surface area contributed by atoms with Gasteiger partial charge in [-0.05, 0) is 56.0 Å². The van der Waals surface area contributed by atoms with E-state index in [0.717, 1.165) is 5.56 Å². The van der Waals surface area contributed by atoms with Crippen LogP contribution in [0.15, 0.2) is 48.5 Å². The Kier molecular flexibility index (Phi) is 6.80. The average Bonchev–Trinajstić information content (AvgIpc) is 2.66. The van der Waals surface area contributed by atoms with E-state index in [1.807, 2.05) is 32.9 Å². The normalized spacial score (nSPS) is 12.3. The highest BCUT2D eigenvalue weighted by atomic mass is 16.4. The molecule has 0 aliphatic carbocycles. The largest absolute Gasteiger partial charge is 0.481 e. The van der Waals surface area contributed by atoms with Gasteiger partial charge in [0.25, 0.3) is 5.91 Å². The molecule has 2 amide bonds. The summed E-state index contributed by atoms with van der Waals surface area (Å²) in [5, 5.41) is 14.9. The smallest absolute Gasteiger partial charge is 0.313 e. The van der Waals surface area contributed by atoms with E-state index in [-0.39, 0.29) is 17.7 Å². The summed E-state index contributed by atoms with van der Waals surface area (Å²) in [6, 6.07) is 13.2. The molecule has 0 aliphatic rings. The molecule has 6 nitrogen and oxygen atoms in total. The van der Waals surface area contributed by atoms with Gasteiger partial charge in [0.05, 0.1) is 5.41 Å². The molecule has 0 fully saturated rings. The Morgan fingerprint density at radius 1 is 0.966 bits per heavy atom. The molecule has 1 unspecified atom stereocenters. The molecule has 2 aromatic carbocycles. The summed E-state index contributed by atoms with van der Waals surface area (Å²) in [4.78, 5) is 36.8. The fraction of sp³-hybridized carbons (Fsp3) is 0.348. The third-order valence-corrected chi connectivity index (χ3v) is 5.03. The van der Waals surface area contributed by atoms with Crippen molar-refractivity contribution in [2.45, 2.75) is 46.1 Å². The lowest BCUT2D eigenvalue weighted by Crippen LogP contribution is -2.47. The van der Waals surface area contributed by atoms with Crippen molar-refractivity contribution >= 4 is 23.5 Å². The first-order valence-corrected chi connectivity index (χ1v) is 9.55. The van der Waals surface area contributed by atoms with Crippen molar-refractivity contribution in [1.29, 1.82) is 0 Å². The van der Waals surface area contributed by atoms with Crippen LogP contribution in [0.1, 0.15) is 49.2 Å². The SMILES string of the molecule is Cc1ccccc1C(=O)NC(C(=O)Nc1ccc(C(C)(C)C(=O)O)cc1)C(C)C. The number of carbonyl (C=O) groups is 3. The number of carboxylic acids is 1. The van der Waals surface area contributed by atoms with Crippen molar-refractivity contribution in [3.63, 3.8) is 0 Å². The maximum Gasteiger partial charge on any atom is 0.313 e. The van der Waals surface area contributed by atoms with Gasteiger partial charge in [-0.15, -0.1) is 0 Å². The van der Waals surface area contributed by atoms with Crippen molar-refractivity contribution < 1.29 is 19.5 Å². The van der Waals surface area contributed by atoms with Gasteiger partial charge in [0.1, 0.15) is 6.04 Å². The molecule has 0 bridgehead atoms. The zero-order valence-corrected chi connectivity index (χ0v) is 17.4.